The number of hydrogen-bond donors (Lipinski definition) is 0. The zero-order chi connectivity index (χ0) is 14.5. The average molecular weight is 353 g/mol. The Morgan fingerprint density at radius 3 is 2.30 bits per heavy atom. The molecular formula is C15H29BrO4. The van der Waals surface area contributed by atoms with Crippen LogP contribution in [0.15, 0.2) is 0 Å². The topological polar surface area (TPSA) is 36.9 Å². The molecule has 2 unspecified atom stereocenters. The molecule has 0 radical (unpaired) electrons. The summed E-state index contributed by atoms with van der Waals surface area (Å²) in [5.74, 6) is 0.580. The zero-order valence-corrected chi connectivity index (χ0v) is 14.2. The molecule has 4 nitrogen and oxygen atoms in total. The van der Waals surface area contributed by atoms with E-state index in [1.165, 1.54) is 6.42 Å². The number of alkyl halides is 1. The lowest BCUT2D eigenvalue weighted by Gasteiger charge is -2.27. The van der Waals surface area contributed by atoms with Crippen molar-refractivity contribution in [2.24, 2.45) is 5.92 Å². The van der Waals surface area contributed by atoms with Crippen molar-refractivity contribution in [2.75, 3.05) is 52.9 Å². The summed E-state index contributed by atoms with van der Waals surface area (Å²) in [4.78, 5) is 0.580. The van der Waals surface area contributed by atoms with Crippen LogP contribution in [0.25, 0.3) is 0 Å². The van der Waals surface area contributed by atoms with Crippen molar-refractivity contribution in [3.8, 4) is 0 Å². The van der Waals surface area contributed by atoms with Gasteiger partial charge in [0.15, 0.2) is 0 Å². The third-order valence-electron chi connectivity index (χ3n) is 3.40. The van der Waals surface area contributed by atoms with Gasteiger partial charge in [-0.1, -0.05) is 29.3 Å². The largest absolute Gasteiger partial charge is 0.381 e. The fourth-order valence-corrected chi connectivity index (χ4v) is 2.66. The summed E-state index contributed by atoms with van der Waals surface area (Å²) in [6, 6.07) is 0. The quantitative estimate of drug-likeness (QED) is 0.399. The van der Waals surface area contributed by atoms with Gasteiger partial charge in [0.05, 0.1) is 33.0 Å². The van der Waals surface area contributed by atoms with Crippen LogP contribution in [0, 0.1) is 5.92 Å². The molecule has 5 heteroatoms. The van der Waals surface area contributed by atoms with E-state index in [0.29, 0.717) is 37.2 Å². The Morgan fingerprint density at radius 2 is 1.65 bits per heavy atom. The highest BCUT2D eigenvalue weighted by molar-refractivity contribution is 9.09. The highest BCUT2D eigenvalue weighted by Crippen LogP contribution is 2.24. The first kappa shape index (κ1) is 18.4. The van der Waals surface area contributed by atoms with Gasteiger partial charge >= 0.3 is 0 Å². The van der Waals surface area contributed by atoms with Crippen molar-refractivity contribution < 1.29 is 18.9 Å². The van der Waals surface area contributed by atoms with Gasteiger partial charge in [-0.25, -0.2) is 0 Å². The fraction of sp³-hybridized carbons (Fsp3) is 1.00. The van der Waals surface area contributed by atoms with Gasteiger partial charge < -0.3 is 18.9 Å². The monoisotopic (exact) mass is 352 g/mol. The molecule has 2 atom stereocenters. The van der Waals surface area contributed by atoms with Crippen LogP contribution in [0.4, 0.5) is 0 Å². The Kier molecular flexibility index (Phi) is 12.0. The molecule has 1 saturated heterocycles. The molecular weight excluding hydrogens is 324 g/mol. The fourth-order valence-electron chi connectivity index (χ4n) is 2.06. The van der Waals surface area contributed by atoms with Gasteiger partial charge in [0.1, 0.15) is 0 Å². The van der Waals surface area contributed by atoms with Crippen LogP contribution >= 0.6 is 15.9 Å². The van der Waals surface area contributed by atoms with E-state index in [2.05, 4.69) is 22.9 Å². The summed E-state index contributed by atoms with van der Waals surface area (Å²) in [6.45, 7) is 8.17. The molecule has 1 heterocycles. The maximum Gasteiger partial charge on any atom is 0.0701 e. The molecule has 0 amide bonds. The van der Waals surface area contributed by atoms with E-state index >= 15 is 0 Å². The summed E-state index contributed by atoms with van der Waals surface area (Å²) in [5.41, 5.74) is 0. The molecule has 0 aromatic carbocycles. The van der Waals surface area contributed by atoms with Gasteiger partial charge in [0.25, 0.3) is 0 Å². The second kappa shape index (κ2) is 13.0. The van der Waals surface area contributed by atoms with Crippen molar-refractivity contribution in [1.29, 1.82) is 0 Å². The maximum absolute atomic E-state index is 5.59. The molecule has 120 valence electrons. The van der Waals surface area contributed by atoms with E-state index in [-0.39, 0.29) is 0 Å². The lowest BCUT2D eigenvalue weighted by molar-refractivity contribution is 0.00414. The molecule has 1 fully saturated rings. The highest BCUT2D eigenvalue weighted by Gasteiger charge is 2.22. The number of ether oxygens (including phenoxy) is 4. The minimum absolute atomic E-state index is 0.580. The van der Waals surface area contributed by atoms with Gasteiger partial charge in [-0.15, -0.1) is 0 Å². The van der Waals surface area contributed by atoms with Gasteiger partial charge in [-0.3, -0.25) is 0 Å². The minimum atomic E-state index is 0.580. The second-order valence-electron chi connectivity index (χ2n) is 5.12. The summed E-state index contributed by atoms with van der Waals surface area (Å²) in [7, 11) is 0. The SMILES string of the molecule is CCCCOCCOCCOCCC1COCCC1Br. The Labute approximate surface area is 131 Å². The van der Waals surface area contributed by atoms with Crippen LogP contribution < -0.4 is 0 Å². The third-order valence-corrected chi connectivity index (χ3v) is 4.61. The Bertz CT molecular complexity index is 216. The first-order valence-electron chi connectivity index (χ1n) is 7.79. The van der Waals surface area contributed by atoms with Crippen LogP contribution in [-0.4, -0.2) is 57.7 Å². The van der Waals surface area contributed by atoms with Crippen molar-refractivity contribution in [1.82, 2.24) is 0 Å². The van der Waals surface area contributed by atoms with Gasteiger partial charge in [0.2, 0.25) is 0 Å². The third kappa shape index (κ3) is 9.29. The zero-order valence-electron chi connectivity index (χ0n) is 12.7. The van der Waals surface area contributed by atoms with E-state index in [1.54, 1.807) is 0 Å². The number of hydrogen-bond acceptors (Lipinski definition) is 4. The molecule has 0 N–H and O–H groups in total. The van der Waals surface area contributed by atoms with Crippen LogP contribution in [0.1, 0.15) is 32.6 Å². The van der Waals surface area contributed by atoms with E-state index in [1.807, 2.05) is 0 Å². The lowest BCUT2D eigenvalue weighted by Crippen LogP contribution is -2.28. The standard InChI is InChI=1S/C15H29BrO4/c1-2-3-6-17-9-11-19-12-10-18-7-4-14-13-20-8-5-15(14)16/h14-15H,2-13H2,1H3. The van der Waals surface area contributed by atoms with Crippen LogP contribution in [-0.2, 0) is 18.9 Å². The molecule has 0 bridgehead atoms. The molecule has 0 saturated carbocycles. The summed E-state index contributed by atoms with van der Waals surface area (Å²) in [6.07, 6.45) is 4.46. The molecule has 0 spiro atoms. The smallest absolute Gasteiger partial charge is 0.0701 e. The second-order valence-corrected chi connectivity index (χ2v) is 6.30. The van der Waals surface area contributed by atoms with Crippen LogP contribution in [0.2, 0.25) is 0 Å². The number of unbranched alkanes of at least 4 members (excludes halogenated alkanes) is 1. The predicted molar refractivity (Wildman–Crippen MR) is 83.6 cm³/mol. The van der Waals surface area contributed by atoms with Gasteiger partial charge in [-0.2, -0.15) is 0 Å². The van der Waals surface area contributed by atoms with Crippen LogP contribution in [0.3, 0.4) is 0 Å². The maximum atomic E-state index is 5.59. The first-order chi connectivity index (χ1) is 9.84. The molecule has 1 aliphatic heterocycles. The van der Waals surface area contributed by atoms with Crippen molar-refractivity contribution >= 4 is 15.9 Å². The Hall–Kier alpha value is 0.320. The van der Waals surface area contributed by atoms with E-state index < -0.39 is 0 Å². The van der Waals surface area contributed by atoms with Crippen LogP contribution in [0.5, 0.6) is 0 Å². The summed E-state index contributed by atoms with van der Waals surface area (Å²) >= 11 is 3.71. The molecule has 0 aromatic rings. The molecule has 0 aliphatic carbocycles. The summed E-state index contributed by atoms with van der Waals surface area (Å²) in [5, 5.41) is 0. The van der Waals surface area contributed by atoms with Gasteiger partial charge in [0, 0.05) is 24.6 Å². The van der Waals surface area contributed by atoms with E-state index in [0.717, 1.165) is 45.7 Å². The van der Waals surface area contributed by atoms with E-state index in [4.69, 9.17) is 18.9 Å². The van der Waals surface area contributed by atoms with Gasteiger partial charge in [-0.05, 0) is 25.2 Å². The predicted octanol–water partition coefficient (Wildman–Crippen LogP) is 3.03. The van der Waals surface area contributed by atoms with Crippen molar-refractivity contribution in [2.45, 2.75) is 37.4 Å². The summed E-state index contributed by atoms with van der Waals surface area (Å²) < 4.78 is 21.9. The van der Waals surface area contributed by atoms with Crippen molar-refractivity contribution in [3.05, 3.63) is 0 Å². The van der Waals surface area contributed by atoms with E-state index in [9.17, 15) is 0 Å². The highest BCUT2D eigenvalue weighted by atomic mass is 79.9. The number of halogens is 1. The molecule has 1 aliphatic rings. The molecule has 1 rings (SSSR count). The Balaban J connectivity index is 1.78. The van der Waals surface area contributed by atoms with Crippen molar-refractivity contribution in [3.63, 3.8) is 0 Å². The minimum Gasteiger partial charge on any atom is -0.381 e. The Morgan fingerprint density at radius 1 is 1.00 bits per heavy atom. The number of rotatable bonds is 12. The lowest BCUT2D eigenvalue weighted by atomic mass is 9.99. The molecule has 0 aromatic heterocycles. The normalized spacial score (nSPS) is 23.1. The first-order valence-corrected chi connectivity index (χ1v) is 8.71. The average Bonchev–Trinajstić information content (AvgIpc) is 2.46. The molecule has 20 heavy (non-hydrogen) atoms.